The fourth-order valence-electron chi connectivity index (χ4n) is 2.67. The fourth-order valence-corrected chi connectivity index (χ4v) is 4.29. The van der Waals surface area contributed by atoms with Gasteiger partial charge in [-0.3, -0.25) is 4.79 Å². The number of halogens is 3. The van der Waals surface area contributed by atoms with Gasteiger partial charge >= 0.3 is 0 Å². The van der Waals surface area contributed by atoms with Gasteiger partial charge < -0.3 is 19.4 Å². The Morgan fingerprint density at radius 2 is 2.00 bits per heavy atom. The Bertz CT molecular complexity index is 874. The molecule has 2 aromatic rings. The van der Waals surface area contributed by atoms with E-state index in [1.807, 2.05) is 18.2 Å². The smallest absolute Gasteiger partial charge is 0.203 e. The molecule has 3 rings (SSSR count). The molecule has 1 aliphatic rings. The summed E-state index contributed by atoms with van der Waals surface area (Å²) in [5, 5.41) is 19.6. The highest BCUT2D eigenvalue weighted by atomic mass is 79.9. The minimum Gasteiger partial charge on any atom is -0.463 e. The topological polar surface area (TPSA) is 79.9 Å². The van der Waals surface area contributed by atoms with E-state index >= 15 is 0 Å². The van der Waals surface area contributed by atoms with E-state index in [-0.39, 0.29) is 12.4 Å². The molecule has 0 radical (unpaired) electrons. The molecule has 3 atom stereocenters. The monoisotopic (exact) mass is 548 g/mol. The minimum atomic E-state index is -1.08. The summed E-state index contributed by atoms with van der Waals surface area (Å²) in [6, 6.07) is 7.20. The molecule has 2 N–H and O–H groups in total. The van der Waals surface area contributed by atoms with Crippen LogP contribution in [0.1, 0.15) is 33.5 Å². The van der Waals surface area contributed by atoms with Crippen molar-refractivity contribution in [1.29, 1.82) is 0 Å². The van der Waals surface area contributed by atoms with Gasteiger partial charge in [0, 0.05) is 8.95 Å². The number of ketones is 1. The third kappa shape index (κ3) is 4.05. The maximum Gasteiger partial charge on any atom is 0.203 e. The van der Waals surface area contributed by atoms with E-state index in [2.05, 4.69) is 47.8 Å². The van der Waals surface area contributed by atoms with Crippen LogP contribution in [-0.2, 0) is 4.74 Å². The van der Waals surface area contributed by atoms with Gasteiger partial charge in [0.1, 0.15) is 29.8 Å². The summed E-state index contributed by atoms with van der Waals surface area (Å²) in [7, 11) is 0. The second kappa shape index (κ2) is 8.08. The quantitative estimate of drug-likeness (QED) is 0.432. The molecule has 1 aromatic heterocycles. The molecule has 1 fully saturated rings. The number of aliphatic hydroxyl groups is 2. The zero-order valence-electron chi connectivity index (χ0n) is 13.6. The predicted molar refractivity (Wildman–Crippen MR) is 107 cm³/mol. The Morgan fingerprint density at radius 1 is 1.27 bits per heavy atom. The number of Topliss-reactive ketones (excluding diaryl/α,β-unsaturated/α-hetero) is 1. The van der Waals surface area contributed by atoms with Crippen LogP contribution in [0.3, 0.4) is 0 Å². The number of carbonyl (C=O) groups excluding carboxylic acids is 1. The van der Waals surface area contributed by atoms with Gasteiger partial charge in [0.05, 0.1) is 16.7 Å². The summed E-state index contributed by atoms with van der Waals surface area (Å²) < 4.78 is 13.1. The number of hydrogen-bond donors (Lipinski definition) is 2. The van der Waals surface area contributed by atoms with E-state index in [1.165, 1.54) is 0 Å². The Labute approximate surface area is 175 Å². The van der Waals surface area contributed by atoms with Crippen molar-refractivity contribution < 1.29 is 24.2 Å². The molecule has 1 aromatic carbocycles. The third-order valence-electron chi connectivity index (χ3n) is 4.07. The SMILES string of the molecule is Cc1oc([C@@H]2OC[C@@H](O)[C@H]2O)cc1C(=O)/C(Br)=C/c1ccc(Br)cc1Br. The lowest BCUT2D eigenvalue weighted by molar-refractivity contribution is 0.0117. The van der Waals surface area contributed by atoms with E-state index < -0.39 is 18.3 Å². The minimum absolute atomic E-state index is 0.0239. The molecule has 138 valence electrons. The van der Waals surface area contributed by atoms with Gasteiger partial charge in [0.25, 0.3) is 0 Å². The summed E-state index contributed by atoms with van der Waals surface area (Å²) in [6.45, 7) is 1.69. The van der Waals surface area contributed by atoms with Gasteiger partial charge in [-0.1, -0.05) is 37.9 Å². The number of rotatable bonds is 4. The molecule has 0 saturated carbocycles. The maximum absolute atomic E-state index is 12.8. The van der Waals surface area contributed by atoms with Gasteiger partial charge in [-0.2, -0.15) is 0 Å². The summed E-state index contributed by atoms with van der Waals surface area (Å²) in [6.07, 6.45) is -1.11. The van der Waals surface area contributed by atoms with Crippen LogP contribution in [0.25, 0.3) is 6.08 Å². The Balaban J connectivity index is 1.87. The molecule has 0 bridgehead atoms. The normalized spacial score (nSPS) is 23.5. The number of aliphatic hydroxyl groups excluding tert-OH is 2. The number of carbonyl (C=O) groups is 1. The highest BCUT2D eigenvalue weighted by molar-refractivity contribution is 9.12. The molecule has 0 aliphatic carbocycles. The zero-order chi connectivity index (χ0) is 19.0. The second-order valence-corrected chi connectivity index (χ2v) is 8.54. The van der Waals surface area contributed by atoms with E-state index in [9.17, 15) is 15.0 Å². The highest BCUT2D eigenvalue weighted by Gasteiger charge is 2.38. The van der Waals surface area contributed by atoms with E-state index in [1.54, 1.807) is 19.1 Å². The average molecular weight is 551 g/mol. The Hall–Kier alpha value is -0.770. The molecule has 1 aliphatic heterocycles. The van der Waals surface area contributed by atoms with Crippen LogP contribution >= 0.6 is 47.8 Å². The molecular formula is C18H15Br3O5. The average Bonchev–Trinajstić information content (AvgIpc) is 3.12. The van der Waals surface area contributed by atoms with Crippen molar-refractivity contribution in [1.82, 2.24) is 0 Å². The second-order valence-electron chi connectivity index (χ2n) is 5.92. The van der Waals surface area contributed by atoms with Gasteiger partial charge in [0.15, 0.2) is 0 Å². The molecular weight excluding hydrogens is 536 g/mol. The van der Waals surface area contributed by atoms with Crippen molar-refractivity contribution >= 4 is 59.6 Å². The van der Waals surface area contributed by atoms with Crippen molar-refractivity contribution in [2.24, 2.45) is 0 Å². The molecule has 0 spiro atoms. The highest BCUT2D eigenvalue weighted by Crippen LogP contribution is 2.34. The van der Waals surface area contributed by atoms with Gasteiger partial charge in [-0.25, -0.2) is 0 Å². The number of aryl methyl sites for hydroxylation is 1. The van der Waals surface area contributed by atoms with Crippen molar-refractivity contribution in [2.75, 3.05) is 6.61 Å². The van der Waals surface area contributed by atoms with Crippen molar-refractivity contribution in [2.45, 2.75) is 25.2 Å². The van der Waals surface area contributed by atoms with Crippen molar-refractivity contribution in [3.05, 3.63) is 60.3 Å². The van der Waals surface area contributed by atoms with E-state index in [0.29, 0.717) is 21.6 Å². The van der Waals surface area contributed by atoms with Crippen LogP contribution < -0.4 is 0 Å². The summed E-state index contributed by atoms with van der Waals surface area (Å²) >= 11 is 10.2. The molecule has 26 heavy (non-hydrogen) atoms. The Morgan fingerprint density at radius 3 is 2.62 bits per heavy atom. The molecule has 0 unspecified atom stereocenters. The van der Waals surface area contributed by atoms with E-state index in [4.69, 9.17) is 9.15 Å². The van der Waals surface area contributed by atoms with Crippen LogP contribution in [-0.4, -0.2) is 34.8 Å². The fraction of sp³-hybridized carbons (Fsp3) is 0.278. The van der Waals surface area contributed by atoms with Crippen LogP contribution in [0.2, 0.25) is 0 Å². The van der Waals surface area contributed by atoms with Crippen molar-refractivity contribution in [3.63, 3.8) is 0 Å². The lowest BCUT2D eigenvalue weighted by atomic mass is 10.1. The number of allylic oxidation sites excluding steroid dienone is 1. The summed E-state index contributed by atoms with van der Waals surface area (Å²) in [4.78, 5) is 12.8. The van der Waals surface area contributed by atoms with Crippen LogP contribution in [0.4, 0.5) is 0 Å². The van der Waals surface area contributed by atoms with Crippen LogP contribution in [0.5, 0.6) is 0 Å². The van der Waals surface area contributed by atoms with Gasteiger partial charge in [-0.15, -0.1) is 0 Å². The first-order valence-corrected chi connectivity index (χ1v) is 10.1. The van der Waals surface area contributed by atoms with Crippen molar-refractivity contribution in [3.8, 4) is 0 Å². The third-order valence-corrected chi connectivity index (χ3v) is 5.84. The number of hydrogen-bond acceptors (Lipinski definition) is 5. The first kappa shape index (κ1) is 20.0. The molecule has 0 amide bonds. The lowest BCUT2D eigenvalue weighted by Gasteiger charge is -2.11. The zero-order valence-corrected chi connectivity index (χ0v) is 18.3. The number of ether oxygens (including phenoxy) is 1. The molecule has 8 heteroatoms. The Kier molecular flexibility index (Phi) is 6.21. The molecule has 1 saturated heterocycles. The largest absolute Gasteiger partial charge is 0.463 e. The number of furan rings is 1. The number of benzene rings is 1. The predicted octanol–water partition coefficient (Wildman–Crippen LogP) is 4.52. The van der Waals surface area contributed by atoms with Gasteiger partial charge in [0.2, 0.25) is 5.78 Å². The standard InChI is InChI=1S/C18H15Br3O5/c1-8-11(6-15(26-8)18-17(24)14(22)7-25-18)16(23)13(21)4-9-2-3-10(19)5-12(9)20/h2-6,14,17-18,22,24H,7H2,1H3/b13-4-/t14-,17-,18+/m1/s1. The maximum atomic E-state index is 12.8. The van der Waals surface area contributed by atoms with Gasteiger partial charge in [-0.05, 0) is 52.7 Å². The van der Waals surface area contributed by atoms with Crippen LogP contribution in [0, 0.1) is 6.92 Å². The summed E-state index contributed by atoms with van der Waals surface area (Å²) in [5.41, 5.74) is 1.21. The first-order chi connectivity index (χ1) is 12.3. The first-order valence-electron chi connectivity index (χ1n) is 7.73. The molecule has 2 heterocycles. The molecule has 5 nitrogen and oxygen atoms in total. The lowest BCUT2D eigenvalue weighted by Crippen LogP contribution is -2.24. The van der Waals surface area contributed by atoms with E-state index in [0.717, 1.165) is 14.5 Å². The van der Waals surface area contributed by atoms with Crippen LogP contribution in [0.15, 0.2) is 42.1 Å². The summed E-state index contributed by atoms with van der Waals surface area (Å²) in [5.74, 6) is 0.489.